The molecule has 0 aromatic heterocycles. The molecule has 0 unspecified atom stereocenters. The highest BCUT2D eigenvalue weighted by atomic mass is 16.1. The van der Waals surface area contributed by atoms with Crippen LogP contribution in [0.5, 0.6) is 0 Å². The van der Waals surface area contributed by atoms with Gasteiger partial charge in [-0.1, -0.05) is 25.5 Å². The summed E-state index contributed by atoms with van der Waals surface area (Å²) in [4.78, 5) is 10.5. The molecule has 1 heteroatoms. The molecular weight excluding hydrogens is 208 g/mol. The van der Waals surface area contributed by atoms with E-state index in [2.05, 4.69) is 33.8 Å². The lowest BCUT2D eigenvalue weighted by Crippen LogP contribution is -2.19. The Kier molecular flexibility index (Phi) is 4.50. The highest BCUT2D eigenvalue weighted by molar-refractivity contribution is 5.67. The first-order valence-corrected chi connectivity index (χ1v) is 6.39. The van der Waals surface area contributed by atoms with E-state index in [1.165, 1.54) is 36.0 Å². The van der Waals surface area contributed by atoms with Gasteiger partial charge in [0.2, 0.25) is 0 Å². The van der Waals surface area contributed by atoms with Crippen molar-refractivity contribution in [2.24, 2.45) is 5.41 Å². The van der Waals surface area contributed by atoms with Crippen LogP contribution in [-0.2, 0) is 4.79 Å². The van der Waals surface area contributed by atoms with Gasteiger partial charge in [0, 0.05) is 0 Å². The molecule has 0 saturated heterocycles. The van der Waals surface area contributed by atoms with Gasteiger partial charge in [0.1, 0.15) is 6.29 Å². The molecule has 1 aliphatic carbocycles. The minimum atomic E-state index is 0.269. The molecule has 0 aromatic carbocycles. The predicted molar refractivity (Wildman–Crippen MR) is 73.9 cm³/mol. The van der Waals surface area contributed by atoms with Crippen LogP contribution in [0.1, 0.15) is 53.9 Å². The Morgan fingerprint density at radius 1 is 1.24 bits per heavy atom. The molecule has 0 bridgehead atoms. The zero-order valence-electron chi connectivity index (χ0n) is 11.8. The van der Waals surface area contributed by atoms with Gasteiger partial charge in [0.05, 0.1) is 0 Å². The Hall–Kier alpha value is -1.11. The lowest BCUT2D eigenvalue weighted by atomic mass is 9.72. The SMILES string of the molecule is CC1=C(/C=C(C)/C(C)=C/C=O)C(C)(C)CCC1. The van der Waals surface area contributed by atoms with Crippen molar-refractivity contribution in [1.82, 2.24) is 0 Å². The predicted octanol–water partition coefficient (Wildman–Crippen LogP) is 4.60. The Balaban J connectivity index is 3.11. The largest absolute Gasteiger partial charge is 0.299 e. The third-order valence-electron chi connectivity index (χ3n) is 3.84. The van der Waals surface area contributed by atoms with E-state index in [0.29, 0.717) is 0 Å². The van der Waals surface area contributed by atoms with Gasteiger partial charge < -0.3 is 0 Å². The number of hydrogen-bond acceptors (Lipinski definition) is 1. The fourth-order valence-electron chi connectivity index (χ4n) is 2.52. The molecule has 1 aliphatic rings. The van der Waals surface area contributed by atoms with Gasteiger partial charge in [-0.3, -0.25) is 4.79 Å². The van der Waals surface area contributed by atoms with Crippen LogP contribution in [0, 0.1) is 5.41 Å². The zero-order valence-corrected chi connectivity index (χ0v) is 11.8. The number of rotatable bonds is 3. The van der Waals surface area contributed by atoms with E-state index in [1.54, 1.807) is 6.08 Å². The minimum Gasteiger partial charge on any atom is -0.299 e. The standard InChI is InChI=1S/C16H24O/c1-12(8-10-17)14(3)11-15-13(2)7-6-9-16(15,4)5/h8,10-11H,6-7,9H2,1-5H3/b12-8+,14-11+. The van der Waals surface area contributed by atoms with Gasteiger partial charge in [-0.05, 0) is 68.2 Å². The molecular formula is C16H24O. The molecule has 0 fully saturated rings. The number of carbonyl (C=O) groups excluding carboxylic acids is 1. The van der Waals surface area contributed by atoms with Crippen LogP contribution < -0.4 is 0 Å². The molecule has 0 amide bonds. The van der Waals surface area contributed by atoms with Crippen molar-refractivity contribution in [3.63, 3.8) is 0 Å². The summed E-state index contributed by atoms with van der Waals surface area (Å²) < 4.78 is 0. The second kappa shape index (κ2) is 5.48. The van der Waals surface area contributed by atoms with Crippen molar-refractivity contribution < 1.29 is 4.79 Å². The molecule has 1 rings (SSSR count). The first kappa shape index (κ1) is 14.0. The maximum absolute atomic E-state index is 10.5. The summed E-state index contributed by atoms with van der Waals surface area (Å²) >= 11 is 0. The van der Waals surface area contributed by atoms with Gasteiger partial charge in [-0.2, -0.15) is 0 Å². The Morgan fingerprint density at radius 2 is 1.88 bits per heavy atom. The minimum absolute atomic E-state index is 0.269. The fourth-order valence-corrected chi connectivity index (χ4v) is 2.52. The Labute approximate surface area is 105 Å². The molecule has 0 aromatic rings. The first-order valence-electron chi connectivity index (χ1n) is 6.39. The summed E-state index contributed by atoms with van der Waals surface area (Å²) in [5, 5.41) is 0. The van der Waals surface area contributed by atoms with Crippen molar-refractivity contribution in [3.8, 4) is 0 Å². The van der Waals surface area contributed by atoms with Crippen molar-refractivity contribution in [2.45, 2.75) is 53.9 Å². The number of allylic oxidation sites excluding steroid dienone is 6. The average Bonchev–Trinajstić information content (AvgIpc) is 2.23. The van der Waals surface area contributed by atoms with Crippen LogP contribution in [0.2, 0.25) is 0 Å². The van der Waals surface area contributed by atoms with Gasteiger partial charge in [-0.25, -0.2) is 0 Å². The molecule has 0 N–H and O–H groups in total. The molecule has 0 atom stereocenters. The second-order valence-corrected chi connectivity index (χ2v) is 5.74. The van der Waals surface area contributed by atoms with Gasteiger partial charge >= 0.3 is 0 Å². The quantitative estimate of drug-likeness (QED) is 0.395. The topological polar surface area (TPSA) is 17.1 Å². The normalized spacial score (nSPS) is 21.7. The molecule has 94 valence electrons. The lowest BCUT2D eigenvalue weighted by molar-refractivity contribution is -0.104. The van der Waals surface area contributed by atoms with Crippen LogP contribution in [0.3, 0.4) is 0 Å². The van der Waals surface area contributed by atoms with E-state index in [9.17, 15) is 4.79 Å². The van der Waals surface area contributed by atoms with Gasteiger partial charge in [0.25, 0.3) is 0 Å². The lowest BCUT2D eigenvalue weighted by Gasteiger charge is -2.33. The molecule has 0 saturated carbocycles. The van der Waals surface area contributed by atoms with E-state index in [0.717, 1.165) is 11.9 Å². The molecule has 17 heavy (non-hydrogen) atoms. The molecule has 0 heterocycles. The highest BCUT2D eigenvalue weighted by Crippen LogP contribution is 2.41. The number of aldehydes is 1. The average molecular weight is 232 g/mol. The van der Waals surface area contributed by atoms with Crippen LogP contribution in [0.25, 0.3) is 0 Å². The highest BCUT2D eigenvalue weighted by Gasteiger charge is 2.26. The molecule has 1 nitrogen and oxygen atoms in total. The van der Waals surface area contributed by atoms with Crippen LogP contribution in [0.15, 0.2) is 34.4 Å². The van der Waals surface area contributed by atoms with Crippen LogP contribution in [0.4, 0.5) is 0 Å². The third kappa shape index (κ3) is 3.42. The summed E-state index contributed by atoms with van der Waals surface area (Å²) in [6.07, 6.45) is 8.51. The maximum Gasteiger partial charge on any atom is 0.143 e. The fraction of sp³-hybridized carbons (Fsp3) is 0.562. The summed E-state index contributed by atoms with van der Waals surface area (Å²) in [6, 6.07) is 0. The van der Waals surface area contributed by atoms with Crippen molar-refractivity contribution in [3.05, 3.63) is 34.4 Å². The van der Waals surface area contributed by atoms with E-state index in [1.807, 2.05) is 6.92 Å². The van der Waals surface area contributed by atoms with E-state index < -0.39 is 0 Å². The van der Waals surface area contributed by atoms with Crippen LogP contribution >= 0.6 is 0 Å². The number of hydrogen-bond donors (Lipinski definition) is 0. The zero-order chi connectivity index (χ0) is 13.1. The summed E-state index contributed by atoms with van der Waals surface area (Å²) in [7, 11) is 0. The van der Waals surface area contributed by atoms with E-state index in [4.69, 9.17) is 0 Å². The van der Waals surface area contributed by atoms with Crippen molar-refractivity contribution >= 4 is 6.29 Å². The Morgan fingerprint density at radius 3 is 2.41 bits per heavy atom. The smallest absolute Gasteiger partial charge is 0.143 e. The monoisotopic (exact) mass is 232 g/mol. The van der Waals surface area contributed by atoms with Crippen LogP contribution in [-0.4, -0.2) is 6.29 Å². The maximum atomic E-state index is 10.5. The van der Waals surface area contributed by atoms with Gasteiger partial charge in [-0.15, -0.1) is 0 Å². The summed E-state index contributed by atoms with van der Waals surface area (Å²) in [6.45, 7) is 10.9. The Bertz CT molecular complexity index is 392. The van der Waals surface area contributed by atoms with Gasteiger partial charge in [0.15, 0.2) is 0 Å². The molecule has 0 spiro atoms. The number of carbonyl (C=O) groups is 1. The van der Waals surface area contributed by atoms with E-state index >= 15 is 0 Å². The summed E-state index contributed by atoms with van der Waals surface area (Å²) in [5.74, 6) is 0. The third-order valence-corrected chi connectivity index (χ3v) is 3.84. The van der Waals surface area contributed by atoms with Crippen molar-refractivity contribution in [2.75, 3.05) is 0 Å². The molecule has 0 aliphatic heterocycles. The van der Waals surface area contributed by atoms with E-state index in [-0.39, 0.29) is 5.41 Å². The first-order chi connectivity index (χ1) is 7.88. The summed E-state index contributed by atoms with van der Waals surface area (Å²) in [5.41, 5.74) is 5.48. The van der Waals surface area contributed by atoms with Crippen molar-refractivity contribution in [1.29, 1.82) is 0 Å². The second-order valence-electron chi connectivity index (χ2n) is 5.74. The molecule has 0 radical (unpaired) electrons.